The molecule has 0 saturated carbocycles. The number of aromatic nitrogens is 1. The second-order valence-electron chi connectivity index (χ2n) is 2.67. The second-order valence-corrected chi connectivity index (χ2v) is 2.67. The third-order valence-corrected chi connectivity index (χ3v) is 1.93. The summed E-state index contributed by atoms with van der Waals surface area (Å²) in [7, 11) is 0. The highest BCUT2D eigenvalue weighted by Gasteiger charge is 2.12. The smallest absolute Gasteiger partial charge is 0.152 e. The summed E-state index contributed by atoms with van der Waals surface area (Å²) in [6.07, 6.45) is 3.61. The van der Waals surface area contributed by atoms with Gasteiger partial charge in [0.2, 0.25) is 0 Å². The van der Waals surface area contributed by atoms with Crippen LogP contribution < -0.4 is 0 Å². The van der Waals surface area contributed by atoms with Crippen molar-refractivity contribution in [1.82, 2.24) is 4.57 Å². The summed E-state index contributed by atoms with van der Waals surface area (Å²) >= 11 is 0. The molecule has 1 aliphatic rings. The molecule has 0 amide bonds. The molecule has 0 unspecified atom stereocenters. The fraction of sp³-hybridized carbons (Fsp3) is 0.375. The van der Waals surface area contributed by atoms with Gasteiger partial charge in [0.05, 0.1) is 6.54 Å². The van der Waals surface area contributed by atoms with Gasteiger partial charge in [-0.15, -0.1) is 0 Å². The lowest BCUT2D eigenvalue weighted by Crippen LogP contribution is -2.18. The number of Topliss-reactive ketones (excluding diaryl/α,β-unsaturated/α-hetero) is 1. The lowest BCUT2D eigenvalue weighted by Gasteiger charge is -2.12. The van der Waals surface area contributed by atoms with E-state index in [-0.39, 0.29) is 0 Å². The topological polar surface area (TPSA) is 22.0 Å². The van der Waals surface area contributed by atoms with Gasteiger partial charge in [0, 0.05) is 18.3 Å². The van der Waals surface area contributed by atoms with Crippen molar-refractivity contribution < 1.29 is 4.79 Å². The van der Waals surface area contributed by atoms with Gasteiger partial charge in [-0.25, -0.2) is 0 Å². The molecule has 1 aromatic heterocycles. The normalized spacial score (nSPS) is 17.0. The third kappa shape index (κ3) is 0.764. The molecule has 52 valence electrons. The zero-order valence-corrected chi connectivity index (χ0v) is 5.71. The van der Waals surface area contributed by atoms with Crippen molar-refractivity contribution >= 4 is 5.78 Å². The molecule has 2 rings (SSSR count). The van der Waals surface area contributed by atoms with Gasteiger partial charge >= 0.3 is 0 Å². The van der Waals surface area contributed by atoms with E-state index in [1.165, 1.54) is 5.69 Å². The minimum atomic E-state index is 0.351. The van der Waals surface area contributed by atoms with E-state index in [4.69, 9.17) is 0 Å². The quantitative estimate of drug-likeness (QED) is 0.520. The molecule has 0 fully saturated rings. The Kier molecular flexibility index (Phi) is 1.13. The first-order valence-electron chi connectivity index (χ1n) is 3.52. The number of ketones is 1. The van der Waals surface area contributed by atoms with Crippen molar-refractivity contribution in [2.45, 2.75) is 19.4 Å². The fourth-order valence-corrected chi connectivity index (χ4v) is 1.37. The molecule has 2 nitrogen and oxygen atoms in total. The molecule has 0 aromatic carbocycles. The van der Waals surface area contributed by atoms with Gasteiger partial charge in [0.15, 0.2) is 5.78 Å². The lowest BCUT2D eigenvalue weighted by atomic mass is 10.1. The summed E-state index contributed by atoms with van der Waals surface area (Å²) in [6.45, 7) is 0.586. The molecule has 0 aliphatic carbocycles. The van der Waals surface area contributed by atoms with Crippen LogP contribution in [0.1, 0.15) is 12.1 Å². The standard InChI is InChI=1S/C8H9NO/c10-8-4-3-7-2-1-5-9(7)6-8/h1-2,5H,3-4,6H2. The van der Waals surface area contributed by atoms with Gasteiger partial charge in [-0.1, -0.05) is 0 Å². The minimum absolute atomic E-state index is 0.351. The van der Waals surface area contributed by atoms with Crippen LogP contribution in [0.5, 0.6) is 0 Å². The van der Waals surface area contributed by atoms with Gasteiger partial charge in [0.1, 0.15) is 0 Å². The van der Waals surface area contributed by atoms with Gasteiger partial charge in [0.25, 0.3) is 0 Å². The van der Waals surface area contributed by atoms with E-state index in [9.17, 15) is 4.79 Å². The van der Waals surface area contributed by atoms with Gasteiger partial charge in [-0.2, -0.15) is 0 Å². The van der Waals surface area contributed by atoms with E-state index in [1.807, 2.05) is 16.8 Å². The summed E-state index contributed by atoms with van der Waals surface area (Å²) in [5.41, 5.74) is 1.29. The molecule has 2 heteroatoms. The Morgan fingerprint density at radius 1 is 1.40 bits per heavy atom. The SMILES string of the molecule is O=C1CCc2cccn2C1. The van der Waals surface area contributed by atoms with Crippen molar-refractivity contribution in [2.75, 3.05) is 0 Å². The van der Waals surface area contributed by atoms with Gasteiger partial charge in [-0.05, 0) is 18.6 Å². The number of hydrogen-bond acceptors (Lipinski definition) is 1. The predicted molar refractivity (Wildman–Crippen MR) is 37.8 cm³/mol. The number of carbonyl (C=O) groups excluding carboxylic acids is 1. The van der Waals surface area contributed by atoms with E-state index in [1.54, 1.807) is 0 Å². The van der Waals surface area contributed by atoms with Crippen molar-refractivity contribution in [3.8, 4) is 0 Å². The van der Waals surface area contributed by atoms with Crippen molar-refractivity contribution in [3.05, 3.63) is 24.0 Å². The van der Waals surface area contributed by atoms with Crippen LogP contribution in [-0.4, -0.2) is 10.4 Å². The molecule has 0 atom stereocenters. The Bertz CT molecular complexity index is 262. The second kappa shape index (κ2) is 1.97. The van der Waals surface area contributed by atoms with Gasteiger partial charge < -0.3 is 4.57 Å². The Balaban J connectivity index is 2.39. The number of hydrogen-bond donors (Lipinski definition) is 0. The summed E-state index contributed by atoms with van der Waals surface area (Å²) in [6, 6.07) is 4.07. The van der Waals surface area contributed by atoms with Crippen LogP contribution in [0.3, 0.4) is 0 Å². The number of nitrogens with zero attached hydrogens (tertiary/aromatic N) is 1. The molecular formula is C8H9NO. The maximum absolute atomic E-state index is 10.9. The summed E-state index contributed by atoms with van der Waals surface area (Å²) in [5.74, 6) is 0.351. The average molecular weight is 135 g/mol. The maximum Gasteiger partial charge on any atom is 0.152 e. The van der Waals surface area contributed by atoms with Crippen LogP contribution in [0, 0.1) is 0 Å². The summed E-state index contributed by atoms with van der Waals surface area (Å²) in [5, 5.41) is 0. The fourth-order valence-electron chi connectivity index (χ4n) is 1.37. The zero-order valence-electron chi connectivity index (χ0n) is 5.71. The predicted octanol–water partition coefficient (Wildman–Crippen LogP) is 1.00. The molecule has 10 heavy (non-hydrogen) atoms. The molecular weight excluding hydrogens is 126 g/mol. The van der Waals surface area contributed by atoms with Crippen LogP contribution in [0.2, 0.25) is 0 Å². The third-order valence-electron chi connectivity index (χ3n) is 1.93. The number of rotatable bonds is 0. The Morgan fingerprint density at radius 2 is 2.30 bits per heavy atom. The first-order chi connectivity index (χ1) is 4.86. The first-order valence-corrected chi connectivity index (χ1v) is 3.52. The molecule has 0 spiro atoms. The number of aryl methyl sites for hydroxylation is 1. The van der Waals surface area contributed by atoms with E-state index in [0.717, 1.165) is 12.8 Å². The largest absolute Gasteiger partial charge is 0.344 e. The molecule has 1 aliphatic heterocycles. The monoisotopic (exact) mass is 135 g/mol. The molecule has 1 aromatic rings. The summed E-state index contributed by atoms with van der Waals surface area (Å²) < 4.78 is 2.02. The van der Waals surface area contributed by atoms with Crippen molar-refractivity contribution in [3.63, 3.8) is 0 Å². The molecule has 0 bridgehead atoms. The van der Waals surface area contributed by atoms with Crippen LogP contribution >= 0.6 is 0 Å². The Hall–Kier alpha value is -1.05. The zero-order chi connectivity index (χ0) is 6.97. The van der Waals surface area contributed by atoms with Crippen molar-refractivity contribution in [2.24, 2.45) is 0 Å². The average Bonchev–Trinajstić information content (AvgIpc) is 2.33. The Labute approximate surface area is 59.5 Å². The number of carbonyl (C=O) groups is 1. The highest BCUT2D eigenvalue weighted by Crippen LogP contribution is 2.11. The van der Waals surface area contributed by atoms with Crippen LogP contribution in [-0.2, 0) is 17.8 Å². The van der Waals surface area contributed by atoms with Crippen LogP contribution in [0.4, 0.5) is 0 Å². The van der Waals surface area contributed by atoms with E-state index in [0.29, 0.717) is 12.3 Å². The number of fused-ring (bicyclic) bond motifs is 1. The molecule has 0 N–H and O–H groups in total. The molecule has 2 heterocycles. The molecule has 0 saturated heterocycles. The Morgan fingerprint density at radius 3 is 3.20 bits per heavy atom. The van der Waals surface area contributed by atoms with Crippen LogP contribution in [0.15, 0.2) is 18.3 Å². The molecule has 0 radical (unpaired) electrons. The maximum atomic E-state index is 10.9. The van der Waals surface area contributed by atoms with Crippen molar-refractivity contribution in [1.29, 1.82) is 0 Å². The lowest BCUT2D eigenvalue weighted by molar-refractivity contribution is -0.120. The first kappa shape index (κ1) is 5.71. The van der Waals surface area contributed by atoms with E-state index < -0.39 is 0 Å². The minimum Gasteiger partial charge on any atom is -0.344 e. The summed E-state index contributed by atoms with van der Waals surface area (Å²) in [4.78, 5) is 10.9. The highest BCUT2D eigenvalue weighted by molar-refractivity contribution is 5.79. The van der Waals surface area contributed by atoms with E-state index >= 15 is 0 Å². The highest BCUT2D eigenvalue weighted by atomic mass is 16.1. The van der Waals surface area contributed by atoms with E-state index in [2.05, 4.69) is 6.07 Å². The van der Waals surface area contributed by atoms with Crippen LogP contribution in [0.25, 0.3) is 0 Å². The van der Waals surface area contributed by atoms with Gasteiger partial charge in [-0.3, -0.25) is 4.79 Å².